The summed E-state index contributed by atoms with van der Waals surface area (Å²) in [6, 6.07) is -0.0874. The molecule has 0 radical (unpaired) electrons. The SMILES string of the molecule is CCCN=C1NC(=O)C(C(CC)CC)N1. The zero-order valence-electron chi connectivity index (χ0n) is 9.84. The van der Waals surface area contributed by atoms with Crippen LogP contribution in [0.4, 0.5) is 0 Å². The normalized spacial score (nSPS) is 23.3. The lowest BCUT2D eigenvalue weighted by molar-refractivity contribution is -0.121. The van der Waals surface area contributed by atoms with Gasteiger partial charge in [0.25, 0.3) is 0 Å². The Morgan fingerprint density at radius 1 is 1.33 bits per heavy atom. The van der Waals surface area contributed by atoms with E-state index in [-0.39, 0.29) is 11.9 Å². The van der Waals surface area contributed by atoms with Gasteiger partial charge in [0, 0.05) is 6.54 Å². The molecule has 1 amide bonds. The van der Waals surface area contributed by atoms with Gasteiger partial charge in [-0.05, 0) is 12.3 Å². The number of hydrogen-bond acceptors (Lipinski definition) is 2. The van der Waals surface area contributed by atoms with E-state index in [1.165, 1.54) is 0 Å². The highest BCUT2D eigenvalue weighted by Crippen LogP contribution is 2.15. The molecule has 2 N–H and O–H groups in total. The zero-order valence-corrected chi connectivity index (χ0v) is 9.84. The van der Waals surface area contributed by atoms with Gasteiger partial charge in [-0.25, -0.2) is 0 Å². The van der Waals surface area contributed by atoms with E-state index in [1.807, 2.05) is 0 Å². The van der Waals surface area contributed by atoms with Crippen LogP contribution >= 0.6 is 0 Å². The minimum atomic E-state index is -0.0874. The molecule has 0 aliphatic carbocycles. The van der Waals surface area contributed by atoms with Crippen molar-refractivity contribution < 1.29 is 4.79 Å². The molecular weight excluding hydrogens is 190 g/mol. The number of aliphatic imine (C=N–C) groups is 1. The van der Waals surface area contributed by atoms with Crippen LogP contribution in [0, 0.1) is 5.92 Å². The highest BCUT2D eigenvalue weighted by Gasteiger charge is 2.32. The molecule has 4 heteroatoms. The van der Waals surface area contributed by atoms with Gasteiger partial charge in [0.2, 0.25) is 5.91 Å². The standard InChI is InChI=1S/C11H21N3O/c1-4-7-12-11-13-9(10(15)14-11)8(5-2)6-3/h8-9H,4-7H2,1-3H3,(H2,12,13,14,15). The molecule has 1 aliphatic rings. The molecule has 0 spiro atoms. The molecule has 0 aromatic heterocycles. The number of guanidine groups is 1. The van der Waals surface area contributed by atoms with Crippen LogP contribution in [0.25, 0.3) is 0 Å². The van der Waals surface area contributed by atoms with Crippen molar-refractivity contribution in [2.45, 2.75) is 46.1 Å². The van der Waals surface area contributed by atoms with Gasteiger partial charge >= 0.3 is 0 Å². The summed E-state index contributed by atoms with van der Waals surface area (Å²) >= 11 is 0. The van der Waals surface area contributed by atoms with Crippen LogP contribution in [-0.2, 0) is 4.79 Å². The predicted molar refractivity (Wildman–Crippen MR) is 61.7 cm³/mol. The number of carbonyl (C=O) groups excluding carboxylic acids is 1. The molecule has 1 unspecified atom stereocenters. The maximum atomic E-state index is 11.7. The van der Waals surface area contributed by atoms with Gasteiger partial charge in [-0.1, -0.05) is 33.6 Å². The average Bonchev–Trinajstić information content (AvgIpc) is 2.59. The molecule has 1 rings (SSSR count). The highest BCUT2D eigenvalue weighted by atomic mass is 16.2. The second-order valence-electron chi connectivity index (χ2n) is 3.92. The van der Waals surface area contributed by atoms with Crippen LogP contribution in [0.1, 0.15) is 40.0 Å². The number of nitrogens with zero attached hydrogens (tertiary/aromatic N) is 1. The highest BCUT2D eigenvalue weighted by molar-refractivity contribution is 6.06. The van der Waals surface area contributed by atoms with Crippen molar-refractivity contribution in [3.05, 3.63) is 0 Å². The molecule has 86 valence electrons. The Morgan fingerprint density at radius 2 is 2.00 bits per heavy atom. The summed E-state index contributed by atoms with van der Waals surface area (Å²) in [7, 11) is 0. The summed E-state index contributed by atoms with van der Waals surface area (Å²) in [6.45, 7) is 7.06. The number of amides is 1. The summed E-state index contributed by atoms with van der Waals surface area (Å²) in [5, 5.41) is 5.95. The Labute approximate surface area is 91.5 Å². The lowest BCUT2D eigenvalue weighted by Gasteiger charge is -2.17. The number of nitrogens with one attached hydrogen (secondary N) is 2. The van der Waals surface area contributed by atoms with E-state index >= 15 is 0 Å². The van der Waals surface area contributed by atoms with Gasteiger partial charge in [-0.2, -0.15) is 0 Å². The largest absolute Gasteiger partial charge is 0.344 e. The van der Waals surface area contributed by atoms with Gasteiger partial charge in [0.1, 0.15) is 6.04 Å². The summed E-state index contributed by atoms with van der Waals surface area (Å²) in [5.41, 5.74) is 0. The quantitative estimate of drug-likeness (QED) is 0.719. The van der Waals surface area contributed by atoms with Crippen LogP contribution in [0.3, 0.4) is 0 Å². The van der Waals surface area contributed by atoms with Crippen LogP contribution in [0.15, 0.2) is 4.99 Å². The average molecular weight is 211 g/mol. The number of carbonyl (C=O) groups is 1. The third kappa shape index (κ3) is 2.94. The fourth-order valence-corrected chi connectivity index (χ4v) is 1.84. The molecule has 15 heavy (non-hydrogen) atoms. The molecule has 1 fully saturated rings. The van der Waals surface area contributed by atoms with E-state index < -0.39 is 0 Å². The van der Waals surface area contributed by atoms with Crippen molar-refractivity contribution in [2.75, 3.05) is 6.54 Å². The molecule has 4 nitrogen and oxygen atoms in total. The third-order valence-electron chi connectivity index (χ3n) is 2.83. The van der Waals surface area contributed by atoms with E-state index in [0.29, 0.717) is 11.9 Å². The Balaban J connectivity index is 2.59. The molecule has 1 aliphatic heterocycles. The molecule has 1 saturated heterocycles. The maximum absolute atomic E-state index is 11.7. The molecule has 1 atom stereocenters. The van der Waals surface area contributed by atoms with E-state index in [2.05, 4.69) is 36.4 Å². The summed E-state index contributed by atoms with van der Waals surface area (Å²) in [4.78, 5) is 15.9. The molecule has 0 saturated carbocycles. The van der Waals surface area contributed by atoms with Crippen LogP contribution in [0.5, 0.6) is 0 Å². The van der Waals surface area contributed by atoms with Crippen LogP contribution in [0.2, 0.25) is 0 Å². The summed E-state index contributed by atoms with van der Waals surface area (Å²) < 4.78 is 0. The molecule has 0 bridgehead atoms. The lowest BCUT2D eigenvalue weighted by Crippen LogP contribution is -2.36. The van der Waals surface area contributed by atoms with Crippen molar-refractivity contribution in [2.24, 2.45) is 10.9 Å². The maximum Gasteiger partial charge on any atom is 0.249 e. The minimum absolute atomic E-state index is 0.0681. The van der Waals surface area contributed by atoms with Crippen molar-refractivity contribution in [1.29, 1.82) is 0 Å². The zero-order chi connectivity index (χ0) is 11.3. The van der Waals surface area contributed by atoms with Crippen molar-refractivity contribution >= 4 is 11.9 Å². The van der Waals surface area contributed by atoms with Crippen molar-refractivity contribution in [3.8, 4) is 0 Å². The van der Waals surface area contributed by atoms with E-state index in [9.17, 15) is 4.79 Å². The lowest BCUT2D eigenvalue weighted by atomic mass is 9.94. The van der Waals surface area contributed by atoms with Crippen LogP contribution in [-0.4, -0.2) is 24.5 Å². The fourth-order valence-electron chi connectivity index (χ4n) is 1.84. The minimum Gasteiger partial charge on any atom is -0.344 e. The van der Waals surface area contributed by atoms with Crippen LogP contribution < -0.4 is 10.6 Å². The molecule has 0 aromatic rings. The third-order valence-corrected chi connectivity index (χ3v) is 2.83. The molecular formula is C11H21N3O. The van der Waals surface area contributed by atoms with E-state index in [0.717, 1.165) is 25.8 Å². The van der Waals surface area contributed by atoms with Gasteiger partial charge in [0.05, 0.1) is 0 Å². The Bertz CT molecular complexity index is 246. The first-order valence-electron chi connectivity index (χ1n) is 5.84. The first kappa shape index (κ1) is 12.0. The first-order chi connectivity index (χ1) is 7.22. The smallest absolute Gasteiger partial charge is 0.249 e. The monoisotopic (exact) mass is 211 g/mol. The van der Waals surface area contributed by atoms with E-state index in [1.54, 1.807) is 0 Å². The Hall–Kier alpha value is -1.06. The van der Waals surface area contributed by atoms with Gasteiger partial charge in [-0.15, -0.1) is 0 Å². The topological polar surface area (TPSA) is 53.5 Å². The first-order valence-corrected chi connectivity index (χ1v) is 5.84. The van der Waals surface area contributed by atoms with Gasteiger partial charge < -0.3 is 5.32 Å². The molecule has 1 heterocycles. The Morgan fingerprint density at radius 3 is 2.53 bits per heavy atom. The second kappa shape index (κ2) is 5.73. The summed E-state index contributed by atoms with van der Waals surface area (Å²) in [5.74, 6) is 1.12. The fraction of sp³-hybridized carbons (Fsp3) is 0.818. The second-order valence-corrected chi connectivity index (χ2v) is 3.92. The molecule has 0 aromatic carbocycles. The number of hydrogen-bond donors (Lipinski definition) is 2. The number of rotatable bonds is 5. The van der Waals surface area contributed by atoms with Gasteiger partial charge in [-0.3, -0.25) is 15.1 Å². The van der Waals surface area contributed by atoms with Gasteiger partial charge in [0.15, 0.2) is 5.96 Å². The summed E-state index contributed by atoms with van der Waals surface area (Å²) in [6.07, 6.45) is 3.03. The van der Waals surface area contributed by atoms with Crippen molar-refractivity contribution in [1.82, 2.24) is 10.6 Å². The Kier molecular flexibility index (Phi) is 4.59. The van der Waals surface area contributed by atoms with Crippen molar-refractivity contribution in [3.63, 3.8) is 0 Å². The predicted octanol–water partition coefficient (Wildman–Crippen LogP) is 1.28. The van der Waals surface area contributed by atoms with E-state index in [4.69, 9.17) is 0 Å².